The van der Waals surface area contributed by atoms with Crippen molar-refractivity contribution in [2.24, 2.45) is 0 Å². The molecule has 0 bridgehead atoms. The molecule has 2 aromatic rings. The summed E-state index contributed by atoms with van der Waals surface area (Å²) >= 11 is 0. The van der Waals surface area contributed by atoms with Gasteiger partial charge in [-0.1, -0.05) is 19.4 Å². The molecule has 0 spiro atoms. The predicted octanol–water partition coefficient (Wildman–Crippen LogP) is 4.28. The van der Waals surface area contributed by atoms with Crippen LogP contribution in [0.2, 0.25) is 0 Å². The number of benzene rings is 2. The standard InChI is InChI=1S/C24H32N2O5S/c1-5-22(31-19-10-9-17(2)18(3)15-19)24(27)25-21-16-20(11-12-23(21)30-4)32(28,29)26-13-7-6-8-14-26/h9-12,15-16,22H,5-8,13-14H2,1-4H3,(H,25,27)/t22-/m0/s1. The number of aryl methyl sites for hydroxylation is 2. The van der Waals surface area contributed by atoms with Crippen LogP contribution in [0.15, 0.2) is 41.3 Å². The van der Waals surface area contributed by atoms with Crippen LogP contribution in [0, 0.1) is 13.8 Å². The zero-order valence-corrected chi connectivity index (χ0v) is 20.0. The van der Waals surface area contributed by atoms with Gasteiger partial charge < -0.3 is 14.8 Å². The molecule has 0 aromatic heterocycles. The van der Waals surface area contributed by atoms with Crippen LogP contribution in [-0.2, 0) is 14.8 Å². The van der Waals surface area contributed by atoms with Gasteiger partial charge in [-0.3, -0.25) is 4.79 Å². The number of hydrogen-bond acceptors (Lipinski definition) is 5. The first-order valence-electron chi connectivity index (χ1n) is 11.0. The number of sulfonamides is 1. The molecule has 1 amide bonds. The lowest BCUT2D eigenvalue weighted by atomic mass is 10.1. The first-order valence-corrected chi connectivity index (χ1v) is 12.4. The normalized spacial score (nSPS) is 15.8. The molecule has 1 saturated heterocycles. The van der Waals surface area contributed by atoms with Crippen LogP contribution in [0.5, 0.6) is 11.5 Å². The summed E-state index contributed by atoms with van der Waals surface area (Å²) in [6.07, 6.45) is 2.46. The molecule has 0 aliphatic carbocycles. The van der Waals surface area contributed by atoms with E-state index in [2.05, 4.69) is 5.32 Å². The fourth-order valence-electron chi connectivity index (χ4n) is 3.69. The number of piperidine rings is 1. The molecule has 0 saturated carbocycles. The monoisotopic (exact) mass is 460 g/mol. The van der Waals surface area contributed by atoms with Crippen molar-refractivity contribution in [1.29, 1.82) is 0 Å². The Morgan fingerprint density at radius 3 is 2.41 bits per heavy atom. The van der Waals surface area contributed by atoms with E-state index in [1.54, 1.807) is 6.07 Å². The molecule has 1 fully saturated rings. The van der Waals surface area contributed by atoms with Gasteiger partial charge in [0, 0.05) is 13.1 Å². The highest BCUT2D eigenvalue weighted by Crippen LogP contribution is 2.30. The summed E-state index contributed by atoms with van der Waals surface area (Å²) in [7, 11) is -2.15. The molecule has 1 atom stereocenters. The van der Waals surface area contributed by atoms with E-state index in [-0.39, 0.29) is 10.8 Å². The highest BCUT2D eigenvalue weighted by Gasteiger charge is 2.27. The van der Waals surface area contributed by atoms with Gasteiger partial charge in [0.05, 0.1) is 17.7 Å². The number of methoxy groups -OCH3 is 1. The zero-order chi connectivity index (χ0) is 23.3. The molecule has 1 aliphatic heterocycles. The SMILES string of the molecule is CC[C@H](Oc1ccc(C)c(C)c1)C(=O)Nc1cc(S(=O)(=O)N2CCCCC2)ccc1OC. The number of nitrogens with one attached hydrogen (secondary N) is 1. The van der Waals surface area contributed by atoms with E-state index in [1.807, 2.05) is 39.0 Å². The molecule has 1 N–H and O–H groups in total. The second-order valence-corrected chi connectivity index (χ2v) is 10.0. The maximum absolute atomic E-state index is 13.1. The third-order valence-electron chi connectivity index (χ3n) is 5.80. The lowest BCUT2D eigenvalue weighted by molar-refractivity contribution is -0.122. The number of rotatable bonds is 8. The summed E-state index contributed by atoms with van der Waals surface area (Å²) in [6.45, 7) is 6.89. The Hall–Kier alpha value is -2.58. The summed E-state index contributed by atoms with van der Waals surface area (Å²) in [5.74, 6) is 0.636. The highest BCUT2D eigenvalue weighted by atomic mass is 32.2. The molecule has 7 nitrogen and oxygen atoms in total. The molecule has 1 aliphatic rings. The Labute approximate surface area is 190 Å². The molecular formula is C24H32N2O5S. The van der Waals surface area contributed by atoms with E-state index < -0.39 is 16.1 Å². The number of anilines is 1. The Morgan fingerprint density at radius 1 is 1.06 bits per heavy atom. The maximum Gasteiger partial charge on any atom is 0.265 e. The van der Waals surface area contributed by atoms with Gasteiger partial charge in [-0.05, 0) is 74.6 Å². The number of carbonyl (C=O) groups excluding carboxylic acids is 1. The van der Waals surface area contributed by atoms with Gasteiger partial charge in [0.2, 0.25) is 10.0 Å². The van der Waals surface area contributed by atoms with Gasteiger partial charge in [0.1, 0.15) is 11.5 Å². The Morgan fingerprint density at radius 2 is 1.78 bits per heavy atom. The van der Waals surface area contributed by atoms with Crippen LogP contribution < -0.4 is 14.8 Å². The lowest BCUT2D eigenvalue weighted by Crippen LogP contribution is -2.35. The van der Waals surface area contributed by atoms with Gasteiger partial charge >= 0.3 is 0 Å². The number of amides is 1. The summed E-state index contributed by atoms with van der Waals surface area (Å²) < 4.78 is 38.9. The number of ether oxygens (including phenoxy) is 2. The molecular weight excluding hydrogens is 428 g/mol. The number of hydrogen-bond donors (Lipinski definition) is 1. The van der Waals surface area contributed by atoms with Gasteiger partial charge in [0.15, 0.2) is 6.10 Å². The van der Waals surface area contributed by atoms with Crippen LogP contribution in [0.1, 0.15) is 43.7 Å². The van der Waals surface area contributed by atoms with E-state index >= 15 is 0 Å². The third-order valence-corrected chi connectivity index (χ3v) is 7.70. The number of nitrogens with zero attached hydrogens (tertiary/aromatic N) is 1. The fourth-order valence-corrected chi connectivity index (χ4v) is 5.23. The fraction of sp³-hybridized carbons (Fsp3) is 0.458. The number of carbonyl (C=O) groups is 1. The maximum atomic E-state index is 13.1. The van der Waals surface area contributed by atoms with Crippen LogP contribution in [0.3, 0.4) is 0 Å². The summed E-state index contributed by atoms with van der Waals surface area (Å²) in [4.78, 5) is 13.1. The minimum absolute atomic E-state index is 0.138. The Balaban J connectivity index is 1.81. The van der Waals surface area contributed by atoms with Crippen molar-refractivity contribution < 1.29 is 22.7 Å². The molecule has 0 radical (unpaired) electrons. The van der Waals surface area contributed by atoms with Crippen molar-refractivity contribution in [3.63, 3.8) is 0 Å². The van der Waals surface area contributed by atoms with Gasteiger partial charge in [0.25, 0.3) is 5.91 Å². The smallest absolute Gasteiger partial charge is 0.265 e. The van der Waals surface area contributed by atoms with Crippen molar-refractivity contribution in [2.45, 2.75) is 57.5 Å². The minimum Gasteiger partial charge on any atom is -0.495 e. The molecule has 3 rings (SSSR count). The molecule has 174 valence electrons. The molecule has 0 unspecified atom stereocenters. The molecule has 8 heteroatoms. The summed E-state index contributed by atoms with van der Waals surface area (Å²) in [6, 6.07) is 10.2. The molecule has 2 aromatic carbocycles. The third kappa shape index (κ3) is 5.42. The van der Waals surface area contributed by atoms with E-state index in [9.17, 15) is 13.2 Å². The predicted molar refractivity (Wildman–Crippen MR) is 125 cm³/mol. The first-order chi connectivity index (χ1) is 15.3. The molecule has 1 heterocycles. The highest BCUT2D eigenvalue weighted by molar-refractivity contribution is 7.89. The van der Waals surface area contributed by atoms with E-state index in [1.165, 1.54) is 23.5 Å². The van der Waals surface area contributed by atoms with Crippen molar-refractivity contribution in [2.75, 3.05) is 25.5 Å². The average Bonchev–Trinajstić information content (AvgIpc) is 2.80. The van der Waals surface area contributed by atoms with Gasteiger partial charge in [-0.15, -0.1) is 0 Å². The molecule has 32 heavy (non-hydrogen) atoms. The van der Waals surface area contributed by atoms with Crippen LogP contribution >= 0.6 is 0 Å². The van der Waals surface area contributed by atoms with E-state index in [0.29, 0.717) is 36.7 Å². The minimum atomic E-state index is -3.63. The van der Waals surface area contributed by atoms with Crippen LogP contribution in [0.4, 0.5) is 5.69 Å². The van der Waals surface area contributed by atoms with E-state index in [0.717, 1.165) is 30.4 Å². The van der Waals surface area contributed by atoms with Gasteiger partial charge in [-0.25, -0.2) is 8.42 Å². The topological polar surface area (TPSA) is 84.9 Å². The Bertz CT molecular complexity index is 1060. The lowest BCUT2D eigenvalue weighted by Gasteiger charge is -2.26. The largest absolute Gasteiger partial charge is 0.495 e. The van der Waals surface area contributed by atoms with Crippen molar-refractivity contribution in [1.82, 2.24) is 4.31 Å². The summed E-state index contributed by atoms with van der Waals surface area (Å²) in [5, 5.41) is 2.80. The second kappa shape index (κ2) is 10.4. The van der Waals surface area contributed by atoms with Crippen LogP contribution in [0.25, 0.3) is 0 Å². The average molecular weight is 461 g/mol. The van der Waals surface area contributed by atoms with Crippen molar-refractivity contribution >= 4 is 21.6 Å². The van der Waals surface area contributed by atoms with Crippen LogP contribution in [-0.4, -0.2) is 44.9 Å². The van der Waals surface area contributed by atoms with Crippen molar-refractivity contribution in [3.05, 3.63) is 47.5 Å². The second-order valence-electron chi connectivity index (χ2n) is 8.08. The van der Waals surface area contributed by atoms with Gasteiger partial charge in [-0.2, -0.15) is 4.31 Å². The quantitative estimate of drug-likeness (QED) is 0.635. The Kier molecular flexibility index (Phi) is 7.79. The van der Waals surface area contributed by atoms with Crippen molar-refractivity contribution in [3.8, 4) is 11.5 Å². The zero-order valence-electron chi connectivity index (χ0n) is 19.2. The summed E-state index contributed by atoms with van der Waals surface area (Å²) in [5.41, 5.74) is 2.53. The first kappa shape index (κ1) is 24.1. The van der Waals surface area contributed by atoms with E-state index in [4.69, 9.17) is 9.47 Å².